The van der Waals surface area contributed by atoms with E-state index < -0.39 is 0 Å². The Kier molecular flexibility index (Phi) is 2.72. The van der Waals surface area contributed by atoms with Gasteiger partial charge < -0.3 is 4.74 Å². The van der Waals surface area contributed by atoms with Crippen LogP contribution in [0.5, 0.6) is 0 Å². The van der Waals surface area contributed by atoms with Crippen molar-refractivity contribution in [2.75, 3.05) is 0 Å². The first kappa shape index (κ1) is 11.6. The van der Waals surface area contributed by atoms with Crippen LogP contribution in [0.25, 0.3) is 0 Å². The first-order chi connectivity index (χ1) is 8.20. The van der Waals surface area contributed by atoms with Crippen LogP contribution in [-0.2, 0) is 9.53 Å². The van der Waals surface area contributed by atoms with Gasteiger partial charge in [-0.15, -0.1) is 0 Å². The second kappa shape index (κ2) is 4.00. The monoisotopic (exact) mass is 236 g/mol. The normalized spacial score (nSPS) is 47.2. The fourth-order valence-corrected chi connectivity index (χ4v) is 5.11. The van der Waals surface area contributed by atoms with Crippen LogP contribution < -0.4 is 0 Å². The van der Waals surface area contributed by atoms with Crippen molar-refractivity contribution < 1.29 is 9.53 Å². The molecule has 17 heavy (non-hydrogen) atoms. The standard InChI is InChI=1S/C15H24O2/c1-3-14(16)17-15(4-2)9-10-8-13(15)12-7-5-6-11(10)12/h10-13H,3-9H2,1-2H3. The molecule has 0 aromatic rings. The molecule has 0 radical (unpaired) electrons. The average Bonchev–Trinajstić information content (AvgIpc) is 2.99. The largest absolute Gasteiger partial charge is 0.459 e. The zero-order valence-corrected chi connectivity index (χ0v) is 11.1. The molecule has 0 heterocycles. The summed E-state index contributed by atoms with van der Waals surface area (Å²) in [5, 5.41) is 0. The molecule has 2 bridgehead atoms. The van der Waals surface area contributed by atoms with E-state index in [0.717, 1.165) is 30.6 Å². The number of carbonyl (C=O) groups excluding carboxylic acids is 1. The quantitative estimate of drug-likeness (QED) is 0.700. The summed E-state index contributed by atoms with van der Waals surface area (Å²) in [7, 11) is 0. The van der Waals surface area contributed by atoms with E-state index >= 15 is 0 Å². The lowest BCUT2D eigenvalue weighted by molar-refractivity contribution is -0.170. The Balaban J connectivity index is 1.81. The van der Waals surface area contributed by atoms with Crippen LogP contribution in [0, 0.1) is 23.7 Å². The fourth-order valence-electron chi connectivity index (χ4n) is 5.11. The van der Waals surface area contributed by atoms with Gasteiger partial charge in [-0.1, -0.05) is 20.3 Å². The third-order valence-electron chi connectivity index (χ3n) is 5.79. The molecule has 3 rings (SSSR count). The number of esters is 1. The molecular weight excluding hydrogens is 212 g/mol. The van der Waals surface area contributed by atoms with Crippen molar-refractivity contribution in [1.82, 2.24) is 0 Å². The zero-order chi connectivity index (χ0) is 12.0. The van der Waals surface area contributed by atoms with Crippen molar-refractivity contribution in [3.05, 3.63) is 0 Å². The van der Waals surface area contributed by atoms with E-state index in [1.165, 1.54) is 25.7 Å². The average molecular weight is 236 g/mol. The molecule has 5 atom stereocenters. The topological polar surface area (TPSA) is 26.3 Å². The molecular formula is C15H24O2. The molecule has 3 fully saturated rings. The summed E-state index contributed by atoms with van der Waals surface area (Å²) in [5.74, 6) is 3.39. The Bertz CT molecular complexity index is 325. The Morgan fingerprint density at radius 3 is 2.76 bits per heavy atom. The minimum absolute atomic E-state index is 0.00828. The van der Waals surface area contributed by atoms with E-state index in [9.17, 15) is 4.79 Å². The zero-order valence-electron chi connectivity index (χ0n) is 11.1. The number of hydrogen-bond donors (Lipinski definition) is 0. The first-order valence-electron chi connectivity index (χ1n) is 7.42. The van der Waals surface area contributed by atoms with Gasteiger partial charge in [0.1, 0.15) is 5.60 Å². The van der Waals surface area contributed by atoms with Gasteiger partial charge in [0, 0.05) is 12.3 Å². The molecule has 0 aromatic carbocycles. The van der Waals surface area contributed by atoms with Gasteiger partial charge in [-0.05, 0) is 49.9 Å². The van der Waals surface area contributed by atoms with Crippen LogP contribution in [0.1, 0.15) is 58.8 Å². The molecule has 2 heteroatoms. The first-order valence-corrected chi connectivity index (χ1v) is 7.42. The molecule has 0 aliphatic heterocycles. The molecule has 3 saturated carbocycles. The van der Waals surface area contributed by atoms with Gasteiger partial charge in [-0.3, -0.25) is 4.79 Å². The minimum atomic E-state index is -0.0801. The number of ether oxygens (including phenoxy) is 1. The van der Waals surface area contributed by atoms with Gasteiger partial charge in [0.2, 0.25) is 0 Å². The van der Waals surface area contributed by atoms with E-state index in [1.54, 1.807) is 0 Å². The lowest BCUT2D eigenvalue weighted by atomic mass is 9.71. The smallest absolute Gasteiger partial charge is 0.306 e. The van der Waals surface area contributed by atoms with E-state index in [0.29, 0.717) is 12.3 Å². The maximum absolute atomic E-state index is 11.7. The van der Waals surface area contributed by atoms with Crippen LogP contribution in [0.4, 0.5) is 0 Å². The summed E-state index contributed by atoms with van der Waals surface area (Å²) >= 11 is 0. The van der Waals surface area contributed by atoms with Crippen LogP contribution in [0.15, 0.2) is 0 Å². The second-order valence-corrected chi connectivity index (χ2v) is 6.31. The molecule has 3 aliphatic carbocycles. The molecule has 0 saturated heterocycles. The van der Waals surface area contributed by atoms with Crippen LogP contribution >= 0.6 is 0 Å². The predicted molar refractivity (Wildman–Crippen MR) is 66.5 cm³/mol. The van der Waals surface area contributed by atoms with Gasteiger partial charge in [0.15, 0.2) is 0 Å². The number of fused-ring (bicyclic) bond motifs is 5. The Hall–Kier alpha value is -0.530. The van der Waals surface area contributed by atoms with Gasteiger partial charge in [-0.25, -0.2) is 0 Å². The molecule has 0 spiro atoms. The highest BCUT2D eigenvalue weighted by atomic mass is 16.6. The molecule has 3 aliphatic rings. The molecule has 2 nitrogen and oxygen atoms in total. The highest BCUT2D eigenvalue weighted by Crippen LogP contribution is 2.64. The molecule has 0 N–H and O–H groups in total. The van der Waals surface area contributed by atoms with Gasteiger partial charge in [0.05, 0.1) is 0 Å². The van der Waals surface area contributed by atoms with Crippen molar-refractivity contribution in [3.63, 3.8) is 0 Å². The summed E-state index contributed by atoms with van der Waals surface area (Å²) in [5.41, 5.74) is -0.0801. The highest BCUT2D eigenvalue weighted by molar-refractivity contribution is 5.69. The van der Waals surface area contributed by atoms with Gasteiger partial charge in [-0.2, -0.15) is 0 Å². The van der Waals surface area contributed by atoms with Crippen LogP contribution in [0.3, 0.4) is 0 Å². The van der Waals surface area contributed by atoms with Crippen LogP contribution in [0.2, 0.25) is 0 Å². The maximum atomic E-state index is 11.7. The van der Waals surface area contributed by atoms with E-state index in [4.69, 9.17) is 4.74 Å². The molecule has 5 unspecified atom stereocenters. The van der Waals surface area contributed by atoms with E-state index in [-0.39, 0.29) is 11.6 Å². The minimum Gasteiger partial charge on any atom is -0.459 e. The summed E-state index contributed by atoms with van der Waals surface area (Å²) in [6.45, 7) is 4.10. The summed E-state index contributed by atoms with van der Waals surface area (Å²) in [6.07, 6.45) is 8.26. The number of hydrogen-bond acceptors (Lipinski definition) is 2. The Morgan fingerprint density at radius 1 is 1.29 bits per heavy atom. The third kappa shape index (κ3) is 1.56. The van der Waals surface area contributed by atoms with Crippen molar-refractivity contribution in [1.29, 1.82) is 0 Å². The lowest BCUT2D eigenvalue weighted by Crippen LogP contribution is -2.44. The SMILES string of the molecule is CCC(=O)OC1(CC)CC2CC1C1CCCC21. The highest BCUT2D eigenvalue weighted by Gasteiger charge is 2.61. The summed E-state index contributed by atoms with van der Waals surface area (Å²) in [6, 6.07) is 0. The van der Waals surface area contributed by atoms with E-state index in [1.807, 2.05) is 6.92 Å². The fraction of sp³-hybridized carbons (Fsp3) is 0.933. The van der Waals surface area contributed by atoms with Crippen molar-refractivity contribution >= 4 is 5.97 Å². The summed E-state index contributed by atoms with van der Waals surface area (Å²) in [4.78, 5) is 11.7. The Labute approximate surface area is 104 Å². The lowest BCUT2D eigenvalue weighted by Gasteiger charge is -2.41. The summed E-state index contributed by atoms with van der Waals surface area (Å²) < 4.78 is 5.90. The third-order valence-corrected chi connectivity index (χ3v) is 5.79. The molecule has 0 amide bonds. The number of rotatable bonds is 3. The van der Waals surface area contributed by atoms with Crippen molar-refractivity contribution in [3.8, 4) is 0 Å². The molecule has 0 aromatic heterocycles. The van der Waals surface area contributed by atoms with Crippen molar-refractivity contribution in [2.45, 2.75) is 64.4 Å². The van der Waals surface area contributed by atoms with Gasteiger partial charge >= 0.3 is 5.97 Å². The number of carbonyl (C=O) groups is 1. The van der Waals surface area contributed by atoms with Crippen LogP contribution in [-0.4, -0.2) is 11.6 Å². The second-order valence-electron chi connectivity index (χ2n) is 6.31. The van der Waals surface area contributed by atoms with Crippen molar-refractivity contribution in [2.24, 2.45) is 23.7 Å². The molecule has 96 valence electrons. The predicted octanol–water partition coefficient (Wildman–Crippen LogP) is 3.54. The maximum Gasteiger partial charge on any atom is 0.306 e. The van der Waals surface area contributed by atoms with Gasteiger partial charge in [0.25, 0.3) is 0 Å². The van der Waals surface area contributed by atoms with E-state index in [2.05, 4.69) is 6.92 Å². The Morgan fingerprint density at radius 2 is 2.06 bits per heavy atom.